The molecule has 1 amide bonds. The Hall–Kier alpha value is -3.13. The van der Waals surface area contributed by atoms with E-state index in [1.165, 1.54) is 11.8 Å². The first-order chi connectivity index (χ1) is 15.5. The quantitative estimate of drug-likeness (QED) is 0.312. The predicted octanol–water partition coefficient (Wildman–Crippen LogP) is 4.66. The Kier molecular flexibility index (Phi) is 6.60. The number of rotatable bonds is 8. The molecule has 8 heteroatoms. The van der Waals surface area contributed by atoms with Gasteiger partial charge in [-0.15, -0.1) is 10.2 Å². The van der Waals surface area contributed by atoms with Gasteiger partial charge in [-0.3, -0.25) is 18.6 Å². The van der Waals surface area contributed by atoms with Gasteiger partial charge in [-0.1, -0.05) is 55.8 Å². The maximum atomic E-state index is 13.1. The maximum absolute atomic E-state index is 13.1. The average molecular weight is 450 g/mol. The van der Waals surface area contributed by atoms with Crippen LogP contribution in [0.5, 0.6) is 0 Å². The first-order valence-corrected chi connectivity index (χ1v) is 11.8. The molecule has 0 saturated heterocycles. The Morgan fingerprint density at radius 3 is 2.72 bits per heavy atom. The van der Waals surface area contributed by atoms with E-state index in [4.69, 9.17) is 0 Å². The van der Waals surface area contributed by atoms with Crippen molar-refractivity contribution in [2.24, 2.45) is 0 Å². The fraction of sp³-hybridized carbons (Fsp3) is 0.333. The van der Waals surface area contributed by atoms with Crippen LogP contribution in [0.2, 0.25) is 0 Å². The van der Waals surface area contributed by atoms with Gasteiger partial charge >= 0.3 is 0 Å². The number of unbranched alkanes of at least 4 members (excludes halogenated alkanes) is 2. The van der Waals surface area contributed by atoms with E-state index in [1.807, 2.05) is 66.8 Å². The van der Waals surface area contributed by atoms with Crippen molar-refractivity contribution in [1.82, 2.24) is 19.2 Å². The molecule has 1 unspecified atom stereocenters. The third-order valence-electron chi connectivity index (χ3n) is 5.40. The van der Waals surface area contributed by atoms with Gasteiger partial charge in [0.2, 0.25) is 11.7 Å². The molecular formula is C24H27N5O2S. The fourth-order valence-corrected chi connectivity index (χ4v) is 4.57. The molecule has 0 fully saturated rings. The highest BCUT2D eigenvalue weighted by atomic mass is 32.2. The summed E-state index contributed by atoms with van der Waals surface area (Å²) in [6, 6.07) is 15.2. The molecular weight excluding hydrogens is 422 g/mol. The molecule has 7 nitrogen and oxygen atoms in total. The molecule has 0 aliphatic rings. The van der Waals surface area contributed by atoms with Crippen molar-refractivity contribution in [2.45, 2.75) is 57.0 Å². The van der Waals surface area contributed by atoms with Crippen molar-refractivity contribution < 1.29 is 4.79 Å². The van der Waals surface area contributed by atoms with Crippen LogP contribution in [-0.2, 0) is 11.3 Å². The minimum Gasteiger partial charge on any atom is -0.325 e. The van der Waals surface area contributed by atoms with E-state index in [2.05, 4.69) is 22.4 Å². The Balaban J connectivity index is 1.68. The normalized spacial score (nSPS) is 12.3. The number of amides is 1. The van der Waals surface area contributed by atoms with Gasteiger partial charge in [-0.05, 0) is 50.1 Å². The summed E-state index contributed by atoms with van der Waals surface area (Å²) < 4.78 is 3.59. The van der Waals surface area contributed by atoms with Crippen LogP contribution in [0.3, 0.4) is 0 Å². The molecule has 1 atom stereocenters. The van der Waals surface area contributed by atoms with E-state index in [9.17, 15) is 9.59 Å². The molecule has 166 valence electrons. The van der Waals surface area contributed by atoms with Gasteiger partial charge in [0.25, 0.3) is 5.56 Å². The molecule has 0 radical (unpaired) electrons. The maximum Gasteiger partial charge on any atom is 0.262 e. The molecule has 32 heavy (non-hydrogen) atoms. The number of benzene rings is 2. The summed E-state index contributed by atoms with van der Waals surface area (Å²) in [4.78, 5) is 25.9. The van der Waals surface area contributed by atoms with Gasteiger partial charge in [-0.25, -0.2) is 0 Å². The molecule has 0 spiro atoms. The second-order valence-corrected chi connectivity index (χ2v) is 9.23. The Morgan fingerprint density at radius 2 is 1.94 bits per heavy atom. The van der Waals surface area contributed by atoms with Crippen molar-refractivity contribution in [3.63, 3.8) is 0 Å². The van der Waals surface area contributed by atoms with Gasteiger partial charge < -0.3 is 5.32 Å². The highest BCUT2D eigenvalue weighted by molar-refractivity contribution is 8.00. The highest BCUT2D eigenvalue weighted by Crippen LogP contribution is 2.26. The van der Waals surface area contributed by atoms with Crippen LogP contribution in [0.15, 0.2) is 58.5 Å². The van der Waals surface area contributed by atoms with E-state index in [1.54, 1.807) is 4.57 Å². The van der Waals surface area contributed by atoms with E-state index in [0.717, 1.165) is 36.0 Å². The lowest BCUT2D eigenvalue weighted by molar-refractivity contribution is -0.115. The Bertz CT molecular complexity index is 1330. The van der Waals surface area contributed by atoms with E-state index < -0.39 is 5.25 Å². The van der Waals surface area contributed by atoms with Crippen molar-refractivity contribution in [3.05, 3.63) is 64.4 Å². The molecule has 1 N–H and O–H groups in total. The summed E-state index contributed by atoms with van der Waals surface area (Å²) in [7, 11) is 0. The number of fused-ring (bicyclic) bond motifs is 3. The zero-order chi connectivity index (χ0) is 22.7. The lowest BCUT2D eigenvalue weighted by Gasteiger charge is -2.13. The summed E-state index contributed by atoms with van der Waals surface area (Å²) in [5.74, 6) is 0.400. The summed E-state index contributed by atoms with van der Waals surface area (Å²) in [6.45, 7) is 6.55. The lowest BCUT2D eigenvalue weighted by Crippen LogP contribution is -2.24. The van der Waals surface area contributed by atoms with Gasteiger partial charge in [-0.2, -0.15) is 0 Å². The molecule has 2 aromatic carbocycles. The number of anilines is 1. The van der Waals surface area contributed by atoms with Crippen LogP contribution in [0, 0.1) is 6.92 Å². The van der Waals surface area contributed by atoms with Crippen LogP contribution in [0.25, 0.3) is 16.7 Å². The minimum absolute atomic E-state index is 0.0570. The first kappa shape index (κ1) is 22.1. The van der Waals surface area contributed by atoms with Crippen LogP contribution < -0.4 is 10.9 Å². The summed E-state index contributed by atoms with van der Waals surface area (Å²) >= 11 is 1.33. The third-order valence-corrected chi connectivity index (χ3v) is 6.44. The monoisotopic (exact) mass is 449 g/mol. The number of carbonyl (C=O) groups is 1. The molecule has 4 rings (SSSR count). The van der Waals surface area contributed by atoms with Crippen molar-refractivity contribution >= 4 is 40.0 Å². The Labute approximate surface area is 190 Å². The number of hydrogen-bond donors (Lipinski definition) is 1. The number of thioether (sulfide) groups is 1. The molecule has 0 aliphatic carbocycles. The standard InChI is InChI=1S/C24H27N5O2S/c1-4-5-8-14-28-22(31)19-12-6-7-13-20(19)29-23(28)26-27-24(29)32-17(3)21(30)25-18-11-9-10-16(2)15-18/h6-7,9-13,15,17H,4-5,8,14H2,1-3H3,(H,25,30). The summed E-state index contributed by atoms with van der Waals surface area (Å²) in [6.07, 6.45) is 3.01. The van der Waals surface area contributed by atoms with Gasteiger partial charge in [0.05, 0.1) is 16.2 Å². The topological polar surface area (TPSA) is 81.3 Å². The number of carbonyl (C=O) groups excluding carboxylic acids is 1. The lowest BCUT2D eigenvalue weighted by atomic mass is 10.2. The highest BCUT2D eigenvalue weighted by Gasteiger charge is 2.21. The van der Waals surface area contributed by atoms with E-state index in [-0.39, 0.29) is 11.5 Å². The van der Waals surface area contributed by atoms with Gasteiger partial charge in [0.1, 0.15) is 0 Å². The molecule has 2 heterocycles. The molecule has 0 saturated carbocycles. The molecule has 4 aromatic rings. The Morgan fingerprint density at radius 1 is 1.12 bits per heavy atom. The molecule has 0 aliphatic heterocycles. The van der Waals surface area contributed by atoms with Crippen LogP contribution in [-0.4, -0.2) is 30.3 Å². The van der Waals surface area contributed by atoms with Crippen molar-refractivity contribution in [1.29, 1.82) is 0 Å². The predicted molar refractivity (Wildman–Crippen MR) is 129 cm³/mol. The number of para-hydroxylation sites is 1. The fourth-order valence-electron chi connectivity index (χ4n) is 3.71. The van der Waals surface area contributed by atoms with Crippen LogP contribution in [0.1, 0.15) is 38.7 Å². The first-order valence-electron chi connectivity index (χ1n) is 10.9. The zero-order valence-electron chi connectivity index (χ0n) is 18.5. The van der Waals surface area contributed by atoms with Crippen molar-refractivity contribution in [3.8, 4) is 0 Å². The molecule has 0 bridgehead atoms. The minimum atomic E-state index is -0.401. The van der Waals surface area contributed by atoms with E-state index in [0.29, 0.717) is 22.9 Å². The third kappa shape index (κ3) is 4.41. The summed E-state index contributed by atoms with van der Waals surface area (Å²) in [5, 5.41) is 12.5. The number of aromatic nitrogens is 4. The smallest absolute Gasteiger partial charge is 0.262 e. The van der Waals surface area contributed by atoms with E-state index >= 15 is 0 Å². The van der Waals surface area contributed by atoms with Gasteiger partial charge in [0, 0.05) is 12.2 Å². The second-order valence-electron chi connectivity index (χ2n) is 7.92. The summed E-state index contributed by atoms with van der Waals surface area (Å²) in [5.41, 5.74) is 2.54. The SMILES string of the molecule is CCCCCn1c(=O)c2ccccc2n2c(SC(C)C(=O)Nc3cccc(C)c3)nnc12. The van der Waals surface area contributed by atoms with Crippen LogP contribution >= 0.6 is 11.8 Å². The average Bonchev–Trinajstić information content (AvgIpc) is 3.19. The number of nitrogens with one attached hydrogen (secondary N) is 1. The zero-order valence-corrected chi connectivity index (χ0v) is 19.4. The second kappa shape index (κ2) is 9.56. The van der Waals surface area contributed by atoms with Gasteiger partial charge in [0.15, 0.2) is 5.16 Å². The van der Waals surface area contributed by atoms with Crippen molar-refractivity contribution in [2.75, 3.05) is 5.32 Å². The number of aryl methyl sites for hydroxylation is 2. The number of nitrogens with zero attached hydrogens (tertiary/aromatic N) is 4. The number of hydrogen-bond acceptors (Lipinski definition) is 5. The largest absolute Gasteiger partial charge is 0.325 e. The van der Waals surface area contributed by atoms with Crippen LogP contribution in [0.4, 0.5) is 5.69 Å². The molecule has 2 aromatic heterocycles.